The molecule has 1 aromatic carbocycles. The number of carboxylic acids is 1. The van der Waals surface area contributed by atoms with Gasteiger partial charge in [-0.25, -0.2) is 0 Å². The molecule has 0 heterocycles. The summed E-state index contributed by atoms with van der Waals surface area (Å²) >= 11 is 0. The van der Waals surface area contributed by atoms with E-state index in [4.69, 9.17) is 26.0 Å². The third-order valence-corrected chi connectivity index (χ3v) is 1.71. The van der Waals surface area contributed by atoms with Gasteiger partial charge in [-0.05, 0) is 24.1 Å². The third-order valence-electron chi connectivity index (χ3n) is 1.71. The molecule has 0 saturated carbocycles. The predicted molar refractivity (Wildman–Crippen MR) is 57.6 cm³/mol. The number of hydrogen-bond acceptors (Lipinski definition) is 5. The van der Waals surface area contributed by atoms with Gasteiger partial charge < -0.3 is 26.0 Å². The Hall–Kier alpha value is -1.57. The zero-order valence-corrected chi connectivity index (χ0v) is 8.45. The molecule has 16 heavy (non-hydrogen) atoms. The van der Waals surface area contributed by atoms with Crippen molar-refractivity contribution in [2.75, 3.05) is 0 Å². The Balaban J connectivity index is 0.000000673. The van der Waals surface area contributed by atoms with Crippen molar-refractivity contribution in [3.05, 3.63) is 29.8 Å². The number of carboxylic acid groups (broad SMARTS) is 1. The van der Waals surface area contributed by atoms with Crippen LogP contribution in [0.15, 0.2) is 24.3 Å². The largest absolute Gasteiger partial charge is 0.508 e. The highest BCUT2D eigenvalue weighted by atomic mass is 16.4. The quantitative estimate of drug-likeness (QED) is 0.414. The van der Waals surface area contributed by atoms with Crippen LogP contribution in [0.5, 0.6) is 5.75 Å². The molecule has 0 bridgehead atoms. The molecule has 1 unspecified atom stereocenters. The molecule has 1 rings (SSSR count). The molecule has 0 amide bonds. The van der Waals surface area contributed by atoms with Crippen molar-refractivity contribution in [1.29, 1.82) is 0 Å². The second-order valence-corrected chi connectivity index (χ2v) is 2.93. The van der Waals surface area contributed by atoms with Crippen molar-refractivity contribution in [3.63, 3.8) is 0 Å². The third kappa shape index (κ3) is 6.02. The smallest absolute Gasteiger partial charge is 0.482 e. The second kappa shape index (κ2) is 7.69. The fourth-order valence-electron chi connectivity index (χ4n) is 0.973. The Morgan fingerprint density at radius 3 is 2.12 bits per heavy atom. The average molecular weight is 226 g/mol. The van der Waals surface area contributed by atoms with Crippen molar-refractivity contribution >= 4 is 13.7 Å². The van der Waals surface area contributed by atoms with Gasteiger partial charge in [-0.1, -0.05) is 12.1 Å². The maximum Gasteiger partial charge on any atom is 0.482 e. The molecule has 0 fully saturated rings. The summed E-state index contributed by atoms with van der Waals surface area (Å²) in [5, 5.41) is 31.5. The zero-order valence-electron chi connectivity index (χ0n) is 8.45. The van der Waals surface area contributed by atoms with E-state index in [1.807, 2.05) is 0 Å². The van der Waals surface area contributed by atoms with Crippen LogP contribution in [0.1, 0.15) is 5.56 Å². The van der Waals surface area contributed by atoms with Gasteiger partial charge in [0.2, 0.25) is 0 Å². The van der Waals surface area contributed by atoms with E-state index in [0.29, 0.717) is 0 Å². The standard InChI is InChI=1S/C9H11NO3.BH2O2/c10-8(9(12)13)5-6-1-3-7(11)4-2-6;2-1-3/h1-4,8,11H,5,10H2,(H,12,13);2-3H. The van der Waals surface area contributed by atoms with Crippen molar-refractivity contribution in [3.8, 4) is 5.75 Å². The van der Waals surface area contributed by atoms with Crippen LogP contribution in [-0.2, 0) is 11.2 Å². The van der Waals surface area contributed by atoms with Crippen molar-refractivity contribution in [2.24, 2.45) is 5.73 Å². The van der Waals surface area contributed by atoms with Gasteiger partial charge in [0.25, 0.3) is 0 Å². The molecule has 0 spiro atoms. The highest BCUT2D eigenvalue weighted by molar-refractivity contribution is 6.13. The number of phenolic OH excluding ortho intramolecular Hbond substituents is 1. The minimum absolute atomic E-state index is 0. The topological polar surface area (TPSA) is 124 Å². The molecule has 1 radical (unpaired) electrons. The maximum atomic E-state index is 10.4. The molecular formula is C9H13BNO5. The lowest BCUT2D eigenvalue weighted by molar-refractivity contribution is -0.138. The number of carbonyl (C=O) groups is 1. The minimum atomic E-state index is -1.02. The summed E-state index contributed by atoms with van der Waals surface area (Å²) in [4.78, 5) is 10.4. The lowest BCUT2D eigenvalue weighted by atomic mass is 10.1. The summed E-state index contributed by atoms with van der Waals surface area (Å²) in [6, 6.07) is 5.42. The van der Waals surface area contributed by atoms with Crippen molar-refractivity contribution in [2.45, 2.75) is 12.5 Å². The number of benzene rings is 1. The molecule has 6 N–H and O–H groups in total. The SMILES string of the molecule is NC(Cc1ccc(O)cc1)C(=O)O.O[B]O. The highest BCUT2D eigenvalue weighted by Crippen LogP contribution is 2.10. The van der Waals surface area contributed by atoms with E-state index in [-0.39, 0.29) is 19.9 Å². The Morgan fingerprint density at radius 1 is 1.31 bits per heavy atom. The van der Waals surface area contributed by atoms with E-state index in [1.165, 1.54) is 12.1 Å². The van der Waals surface area contributed by atoms with Crippen LogP contribution in [0.3, 0.4) is 0 Å². The maximum absolute atomic E-state index is 10.4. The summed E-state index contributed by atoms with van der Waals surface area (Å²) in [6.07, 6.45) is 0.273. The lowest BCUT2D eigenvalue weighted by Crippen LogP contribution is -2.32. The second-order valence-electron chi connectivity index (χ2n) is 2.93. The average Bonchev–Trinajstić information content (AvgIpc) is 2.22. The molecule has 7 heteroatoms. The van der Waals surface area contributed by atoms with Gasteiger partial charge in [-0.15, -0.1) is 0 Å². The first kappa shape index (κ1) is 14.4. The Labute approximate surface area is 93.3 Å². The number of rotatable bonds is 3. The Kier molecular flexibility index (Phi) is 6.94. The monoisotopic (exact) mass is 226 g/mol. The van der Waals surface area contributed by atoms with E-state index in [2.05, 4.69) is 0 Å². The van der Waals surface area contributed by atoms with Crippen molar-refractivity contribution in [1.82, 2.24) is 0 Å². The number of aliphatic carboxylic acids is 1. The number of nitrogens with two attached hydrogens (primary N) is 1. The molecule has 87 valence electrons. The summed E-state index contributed by atoms with van der Waals surface area (Å²) < 4.78 is 0. The summed E-state index contributed by atoms with van der Waals surface area (Å²) in [6.45, 7) is 0. The molecule has 0 saturated heterocycles. The van der Waals surface area contributed by atoms with Crippen LogP contribution in [-0.4, -0.2) is 40.0 Å². The molecule has 0 aliphatic rings. The van der Waals surface area contributed by atoms with Crippen LogP contribution >= 0.6 is 0 Å². The van der Waals surface area contributed by atoms with Gasteiger partial charge in [0.1, 0.15) is 11.8 Å². The first-order valence-corrected chi connectivity index (χ1v) is 4.37. The van der Waals surface area contributed by atoms with Gasteiger partial charge >= 0.3 is 13.7 Å². The fraction of sp³-hybridized carbons (Fsp3) is 0.222. The summed E-state index contributed by atoms with van der Waals surface area (Å²) in [7, 11) is 0. The molecule has 1 aromatic rings. The van der Waals surface area contributed by atoms with Gasteiger partial charge in [-0.2, -0.15) is 0 Å². The van der Waals surface area contributed by atoms with E-state index < -0.39 is 12.0 Å². The van der Waals surface area contributed by atoms with E-state index in [9.17, 15) is 4.79 Å². The minimum Gasteiger partial charge on any atom is -0.508 e. The summed E-state index contributed by atoms with van der Waals surface area (Å²) in [5.41, 5.74) is 6.12. The summed E-state index contributed by atoms with van der Waals surface area (Å²) in [5.74, 6) is -0.860. The molecule has 1 atom stereocenters. The molecule has 0 aliphatic heterocycles. The predicted octanol–water partition coefficient (Wildman–Crippen LogP) is -1.15. The van der Waals surface area contributed by atoms with E-state index in [0.717, 1.165) is 5.56 Å². The number of phenols is 1. The fourth-order valence-corrected chi connectivity index (χ4v) is 0.973. The van der Waals surface area contributed by atoms with Crippen LogP contribution in [0, 0.1) is 0 Å². The Morgan fingerprint density at radius 2 is 1.75 bits per heavy atom. The Bertz CT molecular complexity index is 316. The molecular weight excluding hydrogens is 213 g/mol. The highest BCUT2D eigenvalue weighted by Gasteiger charge is 2.11. The lowest BCUT2D eigenvalue weighted by Gasteiger charge is -2.05. The molecule has 0 aromatic heterocycles. The number of hydrogen-bond donors (Lipinski definition) is 5. The van der Waals surface area contributed by atoms with Crippen LogP contribution in [0.4, 0.5) is 0 Å². The van der Waals surface area contributed by atoms with Crippen molar-refractivity contribution < 1.29 is 25.1 Å². The van der Waals surface area contributed by atoms with Crippen LogP contribution in [0.25, 0.3) is 0 Å². The first-order chi connectivity index (χ1) is 7.51. The normalized spacial score (nSPS) is 10.9. The van der Waals surface area contributed by atoms with E-state index >= 15 is 0 Å². The first-order valence-electron chi connectivity index (χ1n) is 4.37. The van der Waals surface area contributed by atoms with Gasteiger partial charge in [0.05, 0.1) is 0 Å². The van der Waals surface area contributed by atoms with Gasteiger partial charge in [0.15, 0.2) is 0 Å². The molecule has 0 aliphatic carbocycles. The van der Waals surface area contributed by atoms with Gasteiger partial charge in [-0.3, -0.25) is 4.79 Å². The zero-order chi connectivity index (χ0) is 12.6. The number of aromatic hydroxyl groups is 1. The van der Waals surface area contributed by atoms with Crippen LogP contribution < -0.4 is 5.73 Å². The van der Waals surface area contributed by atoms with Crippen LogP contribution in [0.2, 0.25) is 0 Å². The molecule has 6 nitrogen and oxygen atoms in total. The van der Waals surface area contributed by atoms with E-state index in [1.54, 1.807) is 12.1 Å². The van der Waals surface area contributed by atoms with Gasteiger partial charge in [0, 0.05) is 0 Å².